The maximum absolute atomic E-state index is 6.32. The Balaban J connectivity index is 1.91. The summed E-state index contributed by atoms with van der Waals surface area (Å²) in [6.45, 7) is 7.99. The predicted octanol–water partition coefficient (Wildman–Crippen LogP) is 4.86. The van der Waals surface area contributed by atoms with E-state index in [1.807, 2.05) is 13.8 Å². The van der Waals surface area contributed by atoms with Crippen molar-refractivity contribution in [3.8, 4) is 0 Å². The zero-order chi connectivity index (χ0) is 15.1. The average molecular weight is 340 g/mol. The molecule has 0 bridgehead atoms. The van der Waals surface area contributed by atoms with Gasteiger partial charge in [-0.15, -0.1) is 11.3 Å². The lowest BCUT2D eigenvalue weighted by atomic mass is 10.2. The third-order valence-corrected chi connectivity index (χ3v) is 5.74. The van der Waals surface area contributed by atoms with Gasteiger partial charge in [-0.25, -0.2) is 9.97 Å². The van der Waals surface area contributed by atoms with Crippen molar-refractivity contribution >= 4 is 44.9 Å². The molecule has 0 spiro atoms. The number of nitrogens with zero attached hydrogens (tertiary/aromatic N) is 3. The van der Waals surface area contributed by atoms with Gasteiger partial charge >= 0.3 is 0 Å². The molecule has 0 radical (unpaired) electrons. The fourth-order valence-electron chi connectivity index (χ4n) is 2.09. The van der Waals surface area contributed by atoms with Crippen LogP contribution in [-0.4, -0.2) is 15.1 Å². The summed E-state index contributed by atoms with van der Waals surface area (Å²) in [6.07, 6.45) is 0. The van der Waals surface area contributed by atoms with E-state index in [9.17, 15) is 0 Å². The van der Waals surface area contributed by atoms with Crippen molar-refractivity contribution in [1.82, 2.24) is 15.1 Å². The van der Waals surface area contributed by atoms with E-state index in [0.29, 0.717) is 10.3 Å². The Morgan fingerprint density at radius 1 is 1.19 bits per heavy atom. The van der Waals surface area contributed by atoms with Gasteiger partial charge in [-0.3, -0.25) is 0 Å². The number of thiophene rings is 1. The molecular weight excluding hydrogens is 326 g/mol. The van der Waals surface area contributed by atoms with Crippen molar-refractivity contribution < 1.29 is 4.52 Å². The van der Waals surface area contributed by atoms with Crippen molar-refractivity contribution in [2.45, 2.75) is 38.6 Å². The van der Waals surface area contributed by atoms with E-state index in [2.05, 4.69) is 29.0 Å². The van der Waals surface area contributed by atoms with Gasteiger partial charge in [0.1, 0.15) is 15.7 Å². The predicted molar refractivity (Wildman–Crippen MR) is 87.4 cm³/mol. The molecule has 0 atom stereocenters. The lowest BCUT2D eigenvalue weighted by Gasteiger charge is -2.02. The van der Waals surface area contributed by atoms with E-state index < -0.39 is 0 Å². The maximum Gasteiger partial charge on any atom is 0.190 e. The van der Waals surface area contributed by atoms with Crippen LogP contribution in [0.15, 0.2) is 9.68 Å². The lowest BCUT2D eigenvalue weighted by molar-refractivity contribution is 0.392. The minimum absolute atomic E-state index is 0.531. The van der Waals surface area contributed by atoms with E-state index in [0.717, 1.165) is 33.0 Å². The first-order valence-corrected chi connectivity index (χ1v) is 8.63. The van der Waals surface area contributed by atoms with Crippen molar-refractivity contribution in [2.75, 3.05) is 0 Å². The highest BCUT2D eigenvalue weighted by molar-refractivity contribution is 7.98. The summed E-state index contributed by atoms with van der Waals surface area (Å²) in [5, 5.41) is 6.15. The largest absolute Gasteiger partial charge is 0.361 e. The Morgan fingerprint density at radius 3 is 2.62 bits per heavy atom. The Kier molecular flexibility index (Phi) is 3.94. The van der Waals surface area contributed by atoms with Crippen molar-refractivity contribution in [1.29, 1.82) is 0 Å². The molecule has 0 saturated carbocycles. The molecule has 0 N–H and O–H groups in total. The van der Waals surface area contributed by atoms with Gasteiger partial charge in [0.25, 0.3) is 0 Å². The summed E-state index contributed by atoms with van der Waals surface area (Å²) >= 11 is 9.52. The third-order valence-electron chi connectivity index (χ3n) is 3.49. The van der Waals surface area contributed by atoms with Crippen LogP contribution in [0.2, 0.25) is 5.15 Å². The minimum Gasteiger partial charge on any atom is -0.361 e. The molecule has 0 amide bonds. The summed E-state index contributed by atoms with van der Waals surface area (Å²) in [5.41, 5.74) is 3.18. The Morgan fingerprint density at radius 2 is 1.95 bits per heavy atom. The van der Waals surface area contributed by atoms with E-state index in [4.69, 9.17) is 16.1 Å². The summed E-state index contributed by atoms with van der Waals surface area (Å²) in [6, 6.07) is 0. The third kappa shape index (κ3) is 2.67. The topological polar surface area (TPSA) is 51.8 Å². The van der Waals surface area contributed by atoms with Crippen LogP contribution in [0.25, 0.3) is 10.2 Å². The number of rotatable bonds is 3. The molecular formula is C14H14ClN3OS2. The summed E-state index contributed by atoms with van der Waals surface area (Å²) in [7, 11) is 0. The molecule has 7 heteroatoms. The number of hydrogen-bond donors (Lipinski definition) is 0. The van der Waals surface area contributed by atoms with Gasteiger partial charge in [-0.05, 0) is 33.3 Å². The van der Waals surface area contributed by atoms with Gasteiger partial charge in [-0.1, -0.05) is 28.5 Å². The standard InChI is InChI=1S/C14H14ClN3OS2/c1-6-9(4)21-13-11(6)12(15)16-14(17-13)20-5-10-7(2)18-19-8(10)3/h5H2,1-4H3. The van der Waals surface area contributed by atoms with E-state index >= 15 is 0 Å². The number of hydrogen-bond acceptors (Lipinski definition) is 6. The molecule has 3 aromatic heterocycles. The van der Waals surface area contributed by atoms with Crippen molar-refractivity contribution in [3.63, 3.8) is 0 Å². The van der Waals surface area contributed by atoms with Gasteiger partial charge in [0.05, 0.1) is 11.1 Å². The Labute approximate surface area is 135 Å². The fraction of sp³-hybridized carbons (Fsp3) is 0.357. The molecule has 0 fully saturated rings. The molecule has 3 heterocycles. The number of thioether (sulfide) groups is 1. The molecule has 0 saturated heterocycles. The summed E-state index contributed by atoms with van der Waals surface area (Å²) < 4.78 is 5.17. The molecule has 3 rings (SSSR count). The highest BCUT2D eigenvalue weighted by atomic mass is 35.5. The number of aromatic nitrogens is 3. The molecule has 110 valence electrons. The second kappa shape index (κ2) is 5.59. The van der Waals surface area contributed by atoms with E-state index in [1.54, 1.807) is 23.1 Å². The van der Waals surface area contributed by atoms with Crippen molar-refractivity contribution in [3.05, 3.63) is 32.6 Å². The maximum atomic E-state index is 6.32. The Bertz CT molecular complexity index is 806. The number of fused-ring (bicyclic) bond motifs is 1. The fourth-order valence-corrected chi connectivity index (χ4v) is 4.59. The smallest absolute Gasteiger partial charge is 0.190 e. The van der Waals surface area contributed by atoms with Gasteiger partial charge < -0.3 is 4.52 Å². The van der Waals surface area contributed by atoms with E-state index in [1.165, 1.54) is 10.4 Å². The van der Waals surface area contributed by atoms with Crippen LogP contribution in [-0.2, 0) is 5.75 Å². The van der Waals surface area contributed by atoms with Crippen LogP contribution in [0.5, 0.6) is 0 Å². The second-order valence-electron chi connectivity index (χ2n) is 4.85. The quantitative estimate of drug-likeness (QED) is 0.387. The number of halogens is 1. The molecule has 21 heavy (non-hydrogen) atoms. The summed E-state index contributed by atoms with van der Waals surface area (Å²) in [4.78, 5) is 11.2. The van der Waals surface area contributed by atoms with Crippen LogP contribution in [0.1, 0.15) is 27.5 Å². The minimum atomic E-state index is 0.531. The number of aryl methyl sites for hydroxylation is 4. The van der Waals surface area contributed by atoms with E-state index in [-0.39, 0.29) is 0 Å². The van der Waals surface area contributed by atoms with Gasteiger partial charge in [-0.2, -0.15) is 0 Å². The normalized spacial score (nSPS) is 11.5. The van der Waals surface area contributed by atoms with Gasteiger partial charge in [0, 0.05) is 16.2 Å². The molecule has 3 aromatic rings. The first-order valence-electron chi connectivity index (χ1n) is 6.45. The van der Waals surface area contributed by atoms with Crippen LogP contribution in [0.3, 0.4) is 0 Å². The Hall–Kier alpha value is -1.11. The molecule has 0 aliphatic rings. The van der Waals surface area contributed by atoms with Crippen LogP contribution in [0, 0.1) is 27.7 Å². The van der Waals surface area contributed by atoms with Crippen molar-refractivity contribution in [2.24, 2.45) is 0 Å². The summed E-state index contributed by atoms with van der Waals surface area (Å²) in [5.74, 6) is 1.57. The lowest BCUT2D eigenvalue weighted by Crippen LogP contribution is -1.91. The first-order chi connectivity index (χ1) is 9.97. The molecule has 0 aliphatic heterocycles. The average Bonchev–Trinajstić information content (AvgIpc) is 2.89. The van der Waals surface area contributed by atoms with Crippen LogP contribution >= 0.6 is 34.7 Å². The van der Waals surface area contributed by atoms with Gasteiger partial charge in [0.15, 0.2) is 5.16 Å². The first kappa shape index (κ1) is 14.8. The second-order valence-corrected chi connectivity index (χ2v) is 7.36. The monoisotopic (exact) mass is 339 g/mol. The molecule has 4 nitrogen and oxygen atoms in total. The van der Waals surface area contributed by atoms with Crippen LogP contribution < -0.4 is 0 Å². The highest BCUT2D eigenvalue weighted by Crippen LogP contribution is 2.35. The molecule has 0 aromatic carbocycles. The zero-order valence-electron chi connectivity index (χ0n) is 12.2. The molecule has 0 aliphatic carbocycles. The van der Waals surface area contributed by atoms with Gasteiger partial charge in [0.2, 0.25) is 0 Å². The SMILES string of the molecule is Cc1noc(C)c1CSc1nc(Cl)c2c(C)c(C)sc2n1. The highest BCUT2D eigenvalue weighted by Gasteiger charge is 2.15. The zero-order valence-corrected chi connectivity index (χ0v) is 14.5. The molecule has 0 unspecified atom stereocenters. The van der Waals surface area contributed by atoms with Crippen LogP contribution in [0.4, 0.5) is 0 Å².